The maximum absolute atomic E-state index is 16.1. The van der Waals surface area contributed by atoms with E-state index in [2.05, 4.69) is 20.1 Å². The molecule has 0 aliphatic carbocycles. The van der Waals surface area contributed by atoms with Gasteiger partial charge in [-0.2, -0.15) is 0 Å². The predicted molar refractivity (Wildman–Crippen MR) is 204 cm³/mol. The van der Waals surface area contributed by atoms with Crippen LogP contribution in [0.15, 0.2) is 54.6 Å². The summed E-state index contributed by atoms with van der Waals surface area (Å²) in [6, 6.07) is 15.1. The highest BCUT2D eigenvalue weighted by molar-refractivity contribution is 6.03. The van der Waals surface area contributed by atoms with Crippen LogP contribution < -0.4 is 10.2 Å². The third kappa shape index (κ3) is 7.77. The van der Waals surface area contributed by atoms with E-state index in [0.29, 0.717) is 50.1 Å². The van der Waals surface area contributed by atoms with E-state index < -0.39 is 36.8 Å². The minimum atomic E-state index is -2.54. The van der Waals surface area contributed by atoms with Crippen LogP contribution in [0, 0.1) is 11.7 Å². The lowest BCUT2D eigenvalue weighted by Crippen LogP contribution is -2.47. The first-order valence-electron chi connectivity index (χ1n) is 19.0. The quantitative estimate of drug-likeness (QED) is 0.168. The van der Waals surface area contributed by atoms with Gasteiger partial charge in [0.05, 0.1) is 18.2 Å². The van der Waals surface area contributed by atoms with E-state index in [9.17, 15) is 28.0 Å². The van der Waals surface area contributed by atoms with Gasteiger partial charge in [-0.3, -0.25) is 24.2 Å². The molecule has 13 heteroatoms. The number of nitrogens with one attached hydrogen (secondary N) is 2. The van der Waals surface area contributed by atoms with E-state index in [1.165, 1.54) is 19.0 Å². The second-order valence-corrected chi connectivity index (χ2v) is 15.0. The number of carbonyl (C=O) groups is 4. The Morgan fingerprint density at radius 3 is 2.45 bits per heavy atom. The number of carbonyl (C=O) groups excluding carboxylic acids is 4. The van der Waals surface area contributed by atoms with Crippen molar-refractivity contribution >= 4 is 41.0 Å². The zero-order valence-corrected chi connectivity index (χ0v) is 31.2. The Kier molecular flexibility index (Phi) is 11.4. The number of aromatic amines is 1. The molecule has 3 aliphatic rings. The highest BCUT2D eigenvalue weighted by atomic mass is 19.3. The molecule has 7 rings (SSSR count). The summed E-state index contributed by atoms with van der Waals surface area (Å²) in [4.78, 5) is 60.1. The van der Waals surface area contributed by atoms with Gasteiger partial charge in [0.15, 0.2) is 6.29 Å². The van der Waals surface area contributed by atoms with Crippen LogP contribution in [-0.4, -0.2) is 103 Å². The second-order valence-electron chi connectivity index (χ2n) is 15.0. The molecule has 1 aromatic heterocycles. The Balaban J connectivity index is 0.997. The number of benzene rings is 3. The molecule has 10 nitrogen and oxygen atoms in total. The average Bonchev–Trinajstić information content (AvgIpc) is 3.77. The number of rotatable bonds is 13. The van der Waals surface area contributed by atoms with Crippen molar-refractivity contribution in [2.75, 3.05) is 51.7 Å². The molecule has 55 heavy (non-hydrogen) atoms. The number of H-pyrrole nitrogens is 1. The second kappa shape index (κ2) is 16.4. The standard InChI is InChI=1S/C42H47F3N6O4/c1-46-41(54)37(8-5-17-52)48(2)42(55)34-19-28-23-49(22-27(28)18-29(34)25-53)21-26-11-14-50(15-12-26)30-9-10-33(35(43)20-30)40-39-32(13-16-51(40)24-38(44)45)31-6-3-4-7-36(31)47-39/h3-4,6-7,9-10,17-20,25-26,37-38,40,47H,5,8,11-16,21-24H2,1-2H3,(H,46,54). The van der Waals surface area contributed by atoms with E-state index in [4.69, 9.17) is 0 Å². The highest BCUT2D eigenvalue weighted by Gasteiger charge is 2.35. The third-order valence-corrected chi connectivity index (χ3v) is 11.7. The molecule has 2 N–H and O–H groups in total. The van der Waals surface area contributed by atoms with Gasteiger partial charge < -0.3 is 24.9 Å². The van der Waals surface area contributed by atoms with Crippen LogP contribution in [0.2, 0.25) is 0 Å². The first-order valence-corrected chi connectivity index (χ1v) is 19.0. The summed E-state index contributed by atoms with van der Waals surface area (Å²) < 4.78 is 43.5. The van der Waals surface area contributed by atoms with E-state index >= 15 is 4.39 Å². The lowest BCUT2D eigenvalue weighted by molar-refractivity contribution is -0.125. The number of anilines is 1. The molecule has 0 saturated carbocycles. The Labute approximate surface area is 318 Å². The molecule has 2 unspecified atom stereocenters. The number of alkyl halides is 2. The molecule has 0 bridgehead atoms. The van der Waals surface area contributed by atoms with Gasteiger partial charge in [0.1, 0.15) is 18.1 Å². The van der Waals surface area contributed by atoms with Gasteiger partial charge in [-0.1, -0.05) is 24.3 Å². The molecule has 0 radical (unpaired) electrons. The van der Waals surface area contributed by atoms with E-state index in [1.807, 2.05) is 30.3 Å². The lowest BCUT2D eigenvalue weighted by Gasteiger charge is -2.37. The maximum atomic E-state index is 16.1. The minimum absolute atomic E-state index is 0.121. The largest absolute Gasteiger partial charge is 0.371 e. The molecular weight excluding hydrogens is 709 g/mol. The fourth-order valence-electron chi connectivity index (χ4n) is 8.87. The highest BCUT2D eigenvalue weighted by Crippen LogP contribution is 2.40. The normalized spacial score (nSPS) is 18.3. The van der Waals surface area contributed by atoms with Crippen molar-refractivity contribution in [3.63, 3.8) is 0 Å². The lowest BCUT2D eigenvalue weighted by atomic mass is 9.91. The summed E-state index contributed by atoms with van der Waals surface area (Å²) in [6.45, 7) is 3.57. The Morgan fingerprint density at radius 1 is 1.02 bits per heavy atom. The van der Waals surface area contributed by atoms with Gasteiger partial charge in [0.25, 0.3) is 12.3 Å². The zero-order chi connectivity index (χ0) is 38.8. The summed E-state index contributed by atoms with van der Waals surface area (Å²) in [5, 5.41) is 3.60. The van der Waals surface area contributed by atoms with E-state index in [1.54, 1.807) is 29.2 Å². The summed E-state index contributed by atoms with van der Waals surface area (Å²) in [6.07, 6.45) is 1.55. The third-order valence-electron chi connectivity index (χ3n) is 11.7. The number of amides is 2. The van der Waals surface area contributed by atoms with Crippen LogP contribution in [-0.2, 0) is 29.1 Å². The number of para-hydroxylation sites is 1. The molecule has 3 aliphatic heterocycles. The molecule has 2 atom stereocenters. The zero-order valence-electron chi connectivity index (χ0n) is 31.2. The number of nitrogens with zero attached hydrogens (tertiary/aromatic N) is 4. The number of likely N-dealkylation sites (N-methyl/N-ethyl adjacent to an activating group) is 2. The summed E-state index contributed by atoms with van der Waals surface area (Å²) >= 11 is 0. The number of piperidine rings is 1. The number of aromatic nitrogens is 1. The van der Waals surface area contributed by atoms with Crippen molar-refractivity contribution in [2.24, 2.45) is 5.92 Å². The van der Waals surface area contributed by atoms with Crippen molar-refractivity contribution in [1.82, 2.24) is 25.0 Å². The summed E-state index contributed by atoms with van der Waals surface area (Å²) in [5.41, 5.74) is 6.37. The SMILES string of the molecule is CNC(=O)C(CCC=O)N(C)C(=O)c1cc2c(cc1C=O)CN(CC1CCN(c3ccc(C4c5[nH]c6ccccc6c5CCN4CC(F)F)c(F)c3)CC1)C2. The number of aldehydes is 2. The van der Waals surface area contributed by atoms with Gasteiger partial charge in [-0.05, 0) is 78.6 Å². The van der Waals surface area contributed by atoms with Crippen LogP contribution in [0.4, 0.5) is 18.9 Å². The monoisotopic (exact) mass is 756 g/mol. The van der Waals surface area contributed by atoms with E-state index in [-0.39, 0.29) is 29.9 Å². The fraction of sp³-hybridized carbons (Fsp3) is 0.429. The summed E-state index contributed by atoms with van der Waals surface area (Å²) in [5.74, 6) is -0.849. The van der Waals surface area contributed by atoms with Crippen molar-refractivity contribution in [3.8, 4) is 0 Å². The van der Waals surface area contributed by atoms with Gasteiger partial charge in [-0.25, -0.2) is 13.2 Å². The number of fused-ring (bicyclic) bond motifs is 4. The van der Waals surface area contributed by atoms with Gasteiger partial charge in [-0.15, -0.1) is 0 Å². The van der Waals surface area contributed by atoms with Crippen LogP contribution in [0.3, 0.4) is 0 Å². The average molecular weight is 757 g/mol. The molecule has 290 valence electrons. The van der Waals surface area contributed by atoms with Crippen LogP contribution >= 0.6 is 0 Å². The van der Waals surface area contributed by atoms with Crippen molar-refractivity contribution in [1.29, 1.82) is 0 Å². The molecule has 3 aromatic carbocycles. The molecule has 4 aromatic rings. The predicted octanol–water partition coefficient (Wildman–Crippen LogP) is 5.73. The Bertz CT molecular complexity index is 2080. The number of hydrogen-bond acceptors (Lipinski definition) is 7. The maximum Gasteiger partial charge on any atom is 0.255 e. The number of hydrogen-bond donors (Lipinski definition) is 2. The fourth-order valence-corrected chi connectivity index (χ4v) is 8.87. The smallest absolute Gasteiger partial charge is 0.255 e. The Hall–Kier alpha value is -5.01. The molecule has 1 saturated heterocycles. The minimum Gasteiger partial charge on any atom is -0.371 e. The topological polar surface area (TPSA) is 109 Å². The van der Waals surface area contributed by atoms with Gasteiger partial charge in [0.2, 0.25) is 5.91 Å². The van der Waals surface area contributed by atoms with Crippen molar-refractivity contribution in [3.05, 3.63) is 99.5 Å². The Morgan fingerprint density at radius 2 is 1.76 bits per heavy atom. The molecule has 0 spiro atoms. The molecule has 1 fully saturated rings. The first-order chi connectivity index (χ1) is 26.6. The first kappa shape index (κ1) is 38.3. The summed E-state index contributed by atoms with van der Waals surface area (Å²) in [7, 11) is 2.99. The van der Waals surface area contributed by atoms with Crippen molar-refractivity contribution in [2.45, 2.75) is 63.7 Å². The van der Waals surface area contributed by atoms with Crippen LogP contribution in [0.1, 0.15) is 80.4 Å². The molecule has 4 heterocycles. The van der Waals surface area contributed by atoms with Crippen LogP contribution in [0.5, 0.6) is 0 Å². The van der Waals surface area contributed by atoms with Crippen molar-refractivity contribution < 1.29 is 32.3 Å². The van der Waals surface area contributed by atoms with E-state index in [0.717, 1.165) is 71.5 Å². The van der Waals surface area contributed by atoms with Gasteiger partial charge >= 0.3 is 0 Å². The number of halogens is 3. The van der Waals surface area contributed by atoms with Crippen LogP contribution in [0.25, 0.3) is 10.9 Å². The molecule has 2 amide bonds. The molecular formula is C42H47F3N6O4. The van der Waals surface area contributed by atoms with Gasteiger partial charge in [0, 0.05) is 93.2 Å².